The second-order valence-corrected chi connectivity index (χ2v) is 12.0. The SMILES string of the molecule is Cc1nc(S(C)(=O)=O)nc(N[C@@H]2C[C@H](CO)C3OC(C)(C)OC32)c1-c1nc2ccccc2s1. The summed E-state index contributed by atoms with van der Waals surface area (Å²) in [6.45, 7) is 5.43. The van der Waals surface area contributed by atoms with Gasteiger partial charge in [-0.3, -0.25) is 0 Å². The lowest BCUT2D eigenvalue weighted by molar-refractivity contribution is -0.158. The first-order valence-corrected chi connectivity index (χ1v) is 13.4. The molecular formula is C22H26N4O5S2. The summed E-state index contributed by atoms with van der Waals surface area (Å²) in [5, 5.41) is 13.8. The fourth-order valence-corrected chi connectivity index (χ4v) is 6.26. The van der Waals surface area contributed by atoms with Crippen molar-refractivity contribution in [3.8, 4) is 10.6 Å². The smallest absolute Gasteiger partial charge is 0.249 e. The van der Waals surface area contributed by atoms with E-state index in [1.54, 1.807) is 6.92 Å². The van der Waals surface area contributed by atoms with Gasteiger partial charge in [0.2, 0.25) is 15.0 Å². The summed E-state index contributed by atoms with van der Waals surface area (Å²) in [5.74, 6) is -0.478. The van der Waals surface area contributed by atoms with E-state index in [1.165, 1.54) is 11.3 Å². The molecule has 1 aliphatic carbocycles. The van der Waals surface area contributed by atoms with Gasteiger partial charge in [0.15, 0.2) is 5.79 Å². The monoisotopic (exact) mass is 490 g/mol. The lowest BCUT2D eigenvalue weighted by atomic mass is 10.1. The minimum atomic E-state index is -3.63. The molecule has 11 heteroatoms. The van der Waals surface area contributed by atoms with Gasteiger partial charge in [-0.05, 0) is 39.3 Å². The standard InChI is InChI=1S/C22H26N4O5S2/c1-11-16(20-25-13-7-5-6-8-15(13)32-20)19(26-21(23-11)33(4,28)29)24-14-9-12(10-27)17-18(14)31-22(2,3)30-17/h5-8,12,14,17-18,27H,9-10H2,1-4H3,(H,23,24,26)/t12-,14-,17?,18?/m1/s1. The van der Waals surface area contributed by atoms with Crippen LogP contribution in [0.2, 0.25) is 0 Å². The van der Waals surface area contributed by atoms with Crippen LogP contribution in [-0.4, -0.2) is 65.4 Å². The molecular weight excluding hydrogens is 464 g/mol. The van der Waals surface area contributed by atoms with Crippen molar-refractivity contribution < 1.29 is 23.0 Å². The number of nitrogens with one attached hydrogen (secondary N) is 1. The number of hydrogen-bond donors (Lipinski definition) is 2. The van der Waals surface area contributed by atoms with Gasteiger partial charge in [-0.1, -0.05) is 12.1 Å². The molecule has 3 heterocycles. The van der Waals surface area contributed by atoms with Gasteiger partial charge in [-0.25, -0.2) is 23.4 Å². The van der Waals surface area contributed by atoms with Crippen molar-refractivity contribution in [1.82, 2.24) is 15.0 Å². The van der Waals surface area contributed by atoms with E-state index in [9.17, 15) is 13.5 Å². The van der Waals surface area contributed by atoms with E-state index in [2.05, 4.69) is 15.3 Å². The maximum atomic E-state index is 12.3. The van der Waals surface area contributed by atoms with Crippen molar-refractivity contribution >= 4 is 37.2 Å². The van der Waals surface area contributed by atoms with Crippen LogP contribution in [0.5, 0.6) is 0 Å². The molecule has 176 valence electrons. The van der Waals surface area contributed by atoms with Crippen molar-refractivity contribution in [2.75, 3.05) is 18.2 Å². The van der Waals surface area contributed by atoms with E-state index >= 15 is 0 Å². The van der Waals surface area contributed by atoms with Crippen molar-refractivity contribution in [1.29, 1.82) is 0 Å². The van der Waals surface area contributed by atoms with Gasteiger partial charge in [0, 0.05) is 18.8 Å². The minimum absolute atomic E-state index is 0.0269. The summed E-state index contributed by atoms with van der Waals surface area (Å²) >= 11 is 1.50. The predicted octanol–water partition coefficient (Wildman–Crippen LogP) is 2.78. The molecule has 2 unspecified atom stereocenters. The van der Waals surface area contributed by atoms with Crippen LogP contribution < -0.4 is 5.32 Å². The number of nitrogens with zero attached hydrogens (tertiary/aromatic N) is 3. The van der Waals surface area contributed by atoms with E-state index < -0.39 is 15.6 Å². The number of ether oxygens (including phenoxy) is 2. The zero-order chi connectivity index (χ0) is 23.5. The Balaban J connectivity index is 1.60. The van der Waals surface area contributed by atoms with Crippen LogP contribution in [-0.2, 0) is 19.3 Å². The maximum absolute atomic E-state index is 12.3. The first-order valence-electron chi connectivity index (χ1n) is 10.7. The van der Waals surface area contributed by atoms with Gasteiger partial charge in [0.1, 0.15) is 16.9 Å². The molecule has 2 fully saturated rings. The highest BCUT2D eigenvalue weighted by atomic mass is 32.2. The number of thiazole rings is 1. The third-order valence-electron chi connectivity index (χ3n) is 6.05. The molecule has 2 N–H and O–H groups in total. The Hall–Kier alpha value is -2.18. The number of anilines is 1. The largest absolute Gasteiger partial charge is 0.396 e. The van der Waals surface area contributed by atoms with Crippen molar-refractivity contribution in [2.45, 2.75) is 56.4 Å². The van der Waals surface area contributed by atoms with Crippen molar-refractivity contribution in [2.24, 2.45) is 5.92 Å². The molecule has 1 saturated carbocycles. The highest BCUT2D eigenvalue weighted by molar-refractivity contribution is 7.90. The summed E-state index contributed by atoms with van der Waals surface area (Å²) < 4.78 is 37.8. The molecule has 0 bridgehead atoms. The normalized spacial score (nSPS) is 26.6. The maximum Gasteiger partial charge on any atom is 0.249 e. The number of aliphatic hydroxyl groups is 1. The van der Waals surface area contributed by atoms with Gasteiger partial charge >= 0.3 is 0 Å². The topological polar surface area (TPSA) is 124 Å². The fourth-order valence-electron chi connectivity index (χ4n) is 4.64. The van der Waals surface area contributed by atoms with Crippen molar-refractivity contribution in [3.05, 3.63) is 30.0 Å². The summed E-state index contributed by atoms with van der Waals surface area (Å²) in [6, 6.07) is 7.57. The molecule has 2 aliphatic rings. The third-order valence-corrected chi connectivity index (χ3v) is 7.95. The van der Waals surface area contributed by atoms with Crippen LogP contribution in [0.1, 0.15) is 26.0 Å². The molecule has 1 aliphatic heterocycles. The number of aryl methyl sites for hydroxylation is 1. The first kappa shape index (κ1) is 22.6. The molecule has 0 radical (unpaired) electrons. The number of aromatic nitrogens is 3. The fraction of sp³-hybridized carbons (Fsp3) is 0.500. The van der Waals surface area contributed by atoms with Gasteiger partial charge in [0.25, 0.3) is 0 Å². The zero-order valence-corrected chi connectivity index (χ0v) is 20.4. The Bertz CT molecular complexity index is 1290. The van der Waals surface area contributed by atoms with Gasteiger partial charge in [-0.2, -0.15) is 0 Å². The average Bonchev–Trinajstić information content (AvgIpc) is 3.38. The Labute approximate surface area is 196 Å². The third kappa shape index (κ3) is 4.12. The van der Waals surface area contributed by atoms with Crippen molar-refractivity contribution in [3.63, 3.8) is 0 Å². The Morgan fingerprint density at radius 3 is 2.61 bits per heavy atom. The van der Waals surface area contributed by atoms with Crippen LogP contribution in [0.4, 0.5) is 5.82 Å². The molecule has 5 rings (SSSR count). The summed E-state index contributed by atoms with van der Waals surface area (Å²) in [4.78, 5) is 13.4. The molecule has 0 amide bonds. The molecule has 1 aromatic carbocycles. The van der Waals surface area contributed by atoms with Gasteiger partial charge in [0.05, 0.1) is 33.6 Å². The van der Waals surface area contributed by atoms with Crippen LogP contribution in [0.15, 0.2) is 29.4 Å². The Morgan fingerprint density at radius 1 is 1.18 bits per heavy atom. The van der Waals surface area contributed by atoms with E-state index in [0.29, 0.717) is 28.5 Å². The van der Waals surface area contributed by atoms with E-state index in [-0.39, 0.29) is 35.9 Å². The quantitative estimate of drug-likeness (QED) is 0.520. The molecule has 3 aromatic rings. The highest BCUT2D eigenvalue weighted by Crippen LogP contribution is 2.44. The lowest BCUT2D eigenvalue weighted by Crippen LogP contribution is -2.35. The highest BCUT2D eigenvalue weighted by Gasteiger charge is 2.54. The van der Waals surface area contributed by atoms with E-state index in [0.717, 1.165) is 16.5 Å². The molecule has 33 heavy (non-hydrogen) atoms. The number of para-hydroxylation sites is 1. The number of benzene rings is 1. The van der Waals surface area contributed by atoms with E-state index in [4.69, 9.17) is 14.5 Å². The summed E-state index contributed by atoms with van der Waals surface area (Å²) in [6.07, 6.45) is 1.12. The molecule has 9 nitrogen and oxygen atoms in total. The molecule has 0 spiro atoms. The Morgan fingerprint density at radius 2 is 1.91 bits per heavy atom. The van der Waals surface area contributed by atoms with E-state index in [1.807, 2.05) is 38.1 Å². The first-order chi connectivity index (χ1) is 15.6. The molecule has 4 atom stereocenters. The number of fused-ring (bicyclic) bond motifs is 2. The number of aliphatic hydroxyl groups excluding tert-OH is 1. The van der Waals surface area contributed by atoms with Crippen LogP contribution in [0.3, 0.4) is 0 Å². The van der Waals surface area contributed by atoms with Crippen LogP contribution in [0, 0.1) is 12.8 Å². The van der Waals surface area contributed by atoms with Crippen LogP contribution in [0.25, 0.3) is 20.8 Å². The summed E-state index contributed by atoms with van der Waals surface area (Å²) in [7, 11) is -3.63. The molecule has 1 saturated heterocycles. The van der Waals surface area contributed by atoms with Gasteiger partial charge < -0.3 is 19.9 Å². The average molecular weight is 491 g/mol. The summed E-state index contributed by atoms with van der Waals surface area (Å²) in [5.41, 5.74) is 2.03. The second kappa shape index (κ2) is 7.95. The predicted molar refractivity (Wildman–Crippen MR) is 125 cm³/mol. The Kier molecular flexibility index (Phi) is 5.44. The number of hydrogen-bond acceptors (Lipinski definition) is 10. The van der Waals surface area contributed by atoms with Gasteiger partial charge in [-0.15, -0.1) is 11.3 Å². The van der Waals surface area contributed by atoms with Crippen LogP contribution >= 0.6 is 11.3 Å². The number of sulfone groups is 1. The zero-order valence-electron chi connectivity index (χ0n) is 18.8. The second-order valence-electron chi connectivity index (χ2n) is 9.07. The number of rotatable bonds is 5. The lowest BCUT2D eigenvalue weighted by Gasteiger charge is -2.24. The molecule has 2 aromatic heterocycles. The minimum Gasteiger partial charge on any atom is -0.396 e.